The van der Waals surface area contributed by atoms with Crippen molar-refractivity contribution in [3.8, 4) is 0 Å². The Morgan fingerprint density at radius 2 is 1.69 bits per heavy atom. The third-order valence-corrected chi connectivity index (χ3v) is 7.68. The van der Waals surface area contributed by atoms with Crippen molar-refractivity contribution in [1.29, 1.82) is 0 Å². The summed E-state index contributed by atoms with van der Waals surface area (Å²) >= 11 is 3.49. The molecule has 4 rings (SSSR count). The smallest absolute Gasteiger partial charge is 0.236 e. The molecule has 0 aromatic heterocycles. The van der Waals surface area contributed by atoms with Gasteiger partial charge in [-0.3, -0.25) is 14.5 Å². The van der Waals surface area contributed by atoms with Crippen LogP contribution in [-0.2, 0) is 15.0 Å². The zero-order valence-corrected chi connectivity index (χ0v) is 19.0. The summed E-state index contributed by atoms with van der Waals surface area (Å²) in [5, 5.41) is 0. The molecule has 29 heavy (non-hydrogen) atoms. The minimum Gasteiger partial charge on any atom is -0.339 e. The molecule has 1 aromatic carbocycles. The summed E-state index contributed by atoms with van der Waals surface area (Å²) < 4.78 is 1.05. The molecule has 0 N–H and O–H groups in total. The summed E-state index contributed by atoms with van der Waals surface area (Å²) in [5.74, 6) is 0.531. The van der Waals surface area contributed by atoms with Crippen molar-refractivity contribution in [1.82, 2.24) is 14.7 Å². The van der Waals surface area contributed by atoms with Gasteiger partial charge in [-0.25, -0.2) is 0 Å². The van der Waals surface area contributed by atoms with Gasteiger partial charge in [0.1, 0.15) is 0 Å². The lowest BCUT2D eigenvalue weighted by atomic mass is 9.63. The molecular formula is C23H32BrN3O2. The zero-order chi connectivity index (χ0) is 20.4. The fraction of sp³-hybridized carbons (Fsp3) is 0.652. The van der Waals surface area contributed by atoms with Gasteiger partial charge in [0.05, 0.1) is 12.0 Å². The second kappa shape index (κ2) is 8.76. The van der Waals surface area contributed by atoms with E-state index < -0.39 is 0 Å². The Morgan fingerprint density at radius 3 is 2.28 bits per heavy atom. The van der Waals surface area contributed by atoms with Crippen LogP contribution < -0.4 is 0 Å². The van der Waals surface area contributed by atoms with Crippen LogP contribution in [0.3, 0.4) is 0 Å². The maximum atomic E-state index is 13.4. The molecule has 2 saturated heterocycles. The van der Waals surface area contributed by atoms with Gasteiger partial charge in [0.25, 0.3) is 0 Å². The molecule has 1 saturated carbocycles. The highest BCUT2D eigenvalue weighted by molar-refractivity contribution is 9.10. The fourth-order valence-electron chi connectivity index (χ4n) is 5.09. The number of nitrogens with zero attached hydrogens (tertiary/aromatic N) is 3. The molecule has 0 radical (unpaired) electrons. The maximum Gasteiger partial charge on any atom is 0.236 e. The van der Waals surface area contributed by atoms with Crippen LogP contribution in [0.4, 0.5) is 0 Å². The lowest BCUT2D eigenvalue weighted by Crippen LogP contribution is -2.58. The summed E-state index contributed by atoms with van der Waals surface area (Å²) in [7, 11) is 0. The number of amides is 2. The highest BCUT2D eigenvalue weighted by Gasteiger charge is 2.48. The van der Waals surface area contributed by atoms with E-state index in [0.29, 0.717) is 12.6 Å². The van der Waals surface area contributed by atoms with E-state index in [-0.39, 0.29) is 17.2 Å². The average Bonchev–Trinajstić information content (AvgIpc) is 2.69. The van der Waals surface area contributed by atoms with E-state index in [1.165, 1.54) is 6.42 Å². The topological polar surface area (TPSA) is 43.9 Å². The molecule has 1 aliphatic carbocycles. The number of piperazine rings is 1. The number of hydrogen-bond acceptors (Lipinski definition) is 3. The number of hydrogen-bond donors (Lipinski definition) is 0. The van der Waals surface area contributed by atoms with Gasteiger partial charge in [-0.2, -0.15) is 0 Å². The third kappa shape index (κ3) is 4.24. The number of likely N-dealkylation sites (tertiary alicyclic amines) is 1. The van der Waals surface area contributed by atoms with Crippen LogP contribution >= 0.6 is 15.9 Å². The predicted octanol–water partition coefficient (Wildman–Crippen LogP) is 3.42. The Bertz CT molecular complexity index is 739. The Labute approximate surface area is 182 Å². The molecular weight excluding hydrogens is 430 g/mol. The molecule has 2 amide bonds. The lowest BCUT2D eigenvalue weighted by molar-refractivity contribution is -0.143. The average molecular weight is 462 g/mol. The first-order chi connectivity index (χ1) is 14.0. The molecule has 6 heteroatoms. The fourth-order valence-corrected chi connectivity index (χ4v) is 5.35. The van der Waals surface area contributed by atoms with Crippen LogP contribution in [0.2, 0.25) is 0 Å². The summed E-state index contributed by atoms with van der Waals surface area (Å²) in [6, 6.07) is 8.62. The highest BCUT2D eigenvalue weighted by atomic mass is 79.9. The van der Waals surface area contributed by atoms with Crippen molar-refractivity contribution in [2.45, 2.75) is 56.9 Å². The van der Waals surface area contributed by atoms with Crippen molar-refractivity contribution in [2.75, 3.05) is 39.3 Å². The Hall–Kier alpha value is -1.40. The van der Waals surface area contributed by atoms with E-state index in [1.807, 2.05) is 17.0 Å². The van der Waals surface area contributed by atoms with E-state index >= 15 is 0 Å². The van der Waals surface area contributed by atoms with Crippen molar-refractivity contribution in [2.24, 2.45) is 0 Å². The molecule has 0 bridgehead atoms. The number of halogens is 1. The molecule has 2 aliphatic heterocycles. The van der Waals surface area contributed by atoms with Crippen molar-refractivity contribution in [3.63, 3.8) is 0 Å². The van der Waals surface area contributed by atoms with E-state index in [9.17, 15) is 9.59 Å². The maximum absolute atomic E-state index is 13.4. The molecule has 1 unspecified atom stereocenters. The highest BCUT2D eigenvalue weighted by Crippen LogP contribution is 2.45. The molecule has 2 heterocycles. The molecule has 158 valence electrons. The van der Waals surface area contributed by atoms with Gasteiger partial charge in [0, 0.05) is 43.2 Å². The summed E-state index contributed by atoms with van der Waals surface area (Å²) in [6.07, 6.45) is 6.47. The second-order valence-corrected chi connectivity index (χ2v) is 9.86. The Balaban J connectivity index is 1.33. The summed E-state index contributed by atoms with van der Waals surface area (Å²) in [5.41, 5.74) is 0.815. The SMILES string of the molecule is CC1CCCCN1C(=O)CN1CCN(C(=O)C2(c3ccc(Br)cc3)CCC2)CC1. The first-order valence-corrected chi connectivity index (χ1v) is 11.9. The van der Waals surface area contributed by atoms with Crippen LogP contribution in [0, 0.1) is 0 Å². The van der Waals surface area contributed by atoms with Crippen molar-refractivity contribution < 1.29 is 9.59 Å². The minimum atomic E-state index is -0.331. The second-order valence-electron chi connectivity index (χ2n) is 8.94. The van der Waals surface area contributed by atoms with E-state index in [0.717, 1.165) is 74.9 Å². The molecule has 3 aliphatic rings. The van der Waals surface area contributed by atoms with Crippen LogP contribution in [0.5, 0.6) is 0 Å². The van der Waals surface area contributed by atoms with Crippen LogP contribution in [0.15, 0.2) is 28.7 Å². The summed E-state index contributed by atoms with van der Waals surface area (Å²) in [6.45, 7) is 6.57. The van der Waals surface area contributed by atoms with Crippen LogP contribution in [0.1, 0.15) is 51.0 Å². The molecule has 1 aromatic rings. The third-order valence-electron chi connectivity index (χ3n) is 7.15. The first-order valence-electron chi connectivity index (χ1n) is 11.1. The van der Waals surface area contributed by atoms with Gasteiger partial charge in [-0.1, -0.05) is 34.5 Å². The van der Waals surface area contributed by atoms with Crippen LogP contribution in [-0.4, -0.2) is 71.8 Å². The number of benzene rings is 1. The standard InChI is InChI=1S/C23H32BrN3O2/c1-18-5-2-3-12-27(18)21(28)17-25-13-15-26(16-14-25)22(29)23(10-4-11-23)19-6-8-20(24)9-7-19/h6-9,18H,2-5,10-17H2,1H3. The number of carbonyl (C=O) groups is 2. The molecule has 0 spiro atoms. The monoisotopic (exact) mass is 461 g/mol. The van der Waals surface area contributed by atoms with E-state index in [1.54, 1.807) is 0 Å². The summed E-state index contributed by atoms with van der Waals surface area (Å²) in [4.78, 5) is 32.5. The Morgan fingerprint density at radius 1 is 1.00 bits per heavy atom. The quantitative estimate of drug-likeness (QED) is 0.689. The normalized spacial score (nSPS) is 24.8. The molecule has 3 fully saturated rings. The first kappa shape index (κ1) is 20.9. The number of carbonyl (C=O) groups excluding carboxylic acids is 2. The van der Waals surface area contributed by atoms with Gasteiger partial charge in [-0.15, -0.1) is 0 Å². The molecule has 1 atom stereocenters. The van der Waals surface area contributed by atoms with Gasteiger partial charge >= 0.3 is 0 Å². The number of rotatable bonds is 4. The van der Waals surface area contributed by atoms with E-state index in [4.69, 9.17) is 0 Å². The van der Waals surface area contributed by atoms with Gasteiger partial charge in [0.15, 0.2) is 0 Å². The van der Waals surface area contributed by atoms with Gasteiger partial charge < -0.3 is 9.80 Å². The number of piperidine rings is 1. The van der Waals surface area contributed by atoms with Gasteiger partial charge in [0.2, 0.25) is 11.8 Å². The minimum absolute atomic E-state index is 0.252. The molecule has 5 nitrogen and oxygen atoms in total. The largest absolute Gasteiger partial charge is 0.339 e. The lowest BCUT2D eigenvalue weighted by Gasteiger charge is -2.46. The zero-order valence-electron chi connectivity index (χ0n) is 17.4. The van der Waals surface area contributed by atoms with Gasteiger partial charge in [-0.05, 0) is 56.7 Å². The van der Waals surface area contributed by atoms with Crippen molar-refractivity contribution in [3.05, 3.63) is 34.3 Å². The van der Waals surface area contributed by atoms with Crippen LogP contribution in [0.25, 0.3) is 0 Å². The van der Waals surface area contributed by atoms with E-state index in [2.05, 4.69) is 44.8 Å². The predicted molar refractivity (Wildman–Crippen MR) is 118 cm³/mol. The van der Waals surface area contributed by atoms with Crippen molar-refractivity contribution >= 4 is 27.7 Å². The Kier molecular flexibility index (Phi) is 6.30.